The van der Waals surface area contributed by atoms with Gasteiger partial charge in [0.1, 0.15) is 0 Å². The van der Waals surface area contributed by atoms with Gasteiger partial charge in [0.25, 0.3) is 0 Å². The van der Waals surface area contributed by atoms with Crippen molar-refractivity contribution in [1.29, 1.82) is 0 Å². The molecule has 1 aliphatic rings. The maximum atomic E-state index is 10.8. The SMILES string of the molecule is CC1CC(C)C(C)N(CC(C)C(=O)O)C1. The number of hydrogen-bond donors (Lipinski definition) is 1. The fraction of sp³-hybridized carbons (Fsp3) is 0.917. The summed E-state index contributed by atoms with van der Waals surface area (Å²) in [6.07, 6.45) is 1.26. The average molecular weight is 213 g/mol. The van der Waals surface area contributed by atoms with Crippen LogP contribution in [-0.2, 0) is 4.79 Å². The number of carbonyl (C=O) groups is 1. The number of nitrogens with zero attached hydrogens (tertiary/aromatic N) is 1. The summed E-state index contributed by atoms with van der Waals surface area (Å²) in [4.78, 5) is 13.1. The highest BCUT2D eigenvalue weighted by molar-refractivity contribution is 5.69. The van der Waals surface area contributed by atoms with E-state index in [0.717, 1.165) is 6.54 Å². The number of aliphatic carboxylic acids is 1. The first kappa shape index (κ1) is 12.5. The molecule has 1 heterocycles. The van der Waals surface area contributed by atoms with Crippen LogP contribution in [0.25, 0.3) is 0 Å². The summed E-state index contributed by atoms with van der Waals surface area (Å²) >= 11 is 0. The summed E-state index contributed by atoms with van der Waals surface area (Å²) in [5.74, 6) is 0.421. The van der Waals surface area contributed by atoms with Gasteiger partial charge in [0.05, 0.1) is 5.92 Å². The minimum absolute atomic E-state index is 0.259. The summed E-state index contributed by atoms with van der Waals surface area (Å²) in [5, 5.41) is 8.90. The number of rotatable bonds is 3. The lowest BCUT2D eigenvalue weighted by atomic mass is 9.85. The lowest BCUT2D eigenvalue weighted by molar-refractivity contribution is -0.142. The van der Waals surface area contributed by atoms with Crippen molar-refractivity contribution in [3.8, 4) is 0 Å². The Morgan fingerprint density at radius 3 is 2.60 bits per heavy atom. The number of likely N-dealkylation sites (tertiary alicyclic amines) is 1. The van der Waals surface area contributed by atoms with E-state index in [9.17, 15) is 4.79 Å². The van der Waals surface area contributed by atoms with Crippen LogP contribution < -0.4 is 0 Å². The third kappa shape index (κ3) is 3.20. The third-order valence-electron chi connectivity index (χ3n) is 3.65. The molecule has 15 heavy (non-hydrogen) atoms. The summed E-state index contributed by atoms with van der Waals surface area (Å²) in [7, 11) is 0. The lowest BCUT2D eigenvalue weighted by Gasteiger charge is -2.41. The minimum atomic E-state index is -0.687. The van der Waals surface area contributed by atoms with Gasteiger partial charge in [-0.15, -0.1) is 0 Å². The predicted octanol–water partition coefficient (Wildman–Crippen LogP) is 2.07. The highest BCUT2D eigenvalue weighted by Crippen LogP contribution is 2.27. The van der Waals surface area contributed by atoms with E-state index >= 15 is 0 Å². The Balaban J connectivity index is 2.55. The van der Waals surface area contributed by atoms with Gasteiger partial charge in [0.15, 0.2) is 0 Å². The Morgan fingerprint density at radius 1 is 1.47 bits per heavy atom. The molecule has 4 unspecified atom stereocenters. The van der Waals surface area contributed by atoms with E-state index in [0.29, 0.717) is 24.4 Å². The molecule has 0 aromatic carbocycles. The van der Waals surface area contributed by atoms with Gasteiger partial charge < -0.3 is 5.11 Å². The normalized spacial score (nSPS) is 35.1. The van der Waals surface area contributed by atoms with Crippen LogP contribution >= 0.6 is 0 Å². The van der Waals surface area contributed by atoms with Crippen LogP contribution in [0, 0.1) is 17.8 Å². The van der Waals surface area contributed by atoms with Crippen LogP contribution in [0.1, 0.15) is 34.1 Å². The van der Waals surface area contributed by atoms with Crippen molar-refractivity contribution in [1.82, 2.24) is 4.90 Å². The number of carboxylic acid groups (broad SMARTS) is 1. The molecule has 0 saturated carbocycles. The maximum Gasteiger partial charge on any atom is 0.307 e. The van der Waals surface area contributed by atoms with E-state index in [-0.39, 0.29) is 5.92 Å². The molecule has 0 aliphatic carbocycles. The molecule has 0 radical (unpaired) electrons. The van der Waals surface area contributed by atoms with Crippen molar-refractivity contribution in [2.24, 2.45) is 17.8 Å². The first-order chi connectivity index (χ1) is 6.91. The van der Waals surface area contributed by atoms with Gasteiger partial charge >= 0.3 is 5.97 Å². The number of carboxylic acids is 1. The van der Waals surface area contributed by atoms with Gasteiger partial charge in [-0.05, 0) is 25.2 Å². The van der Waals surface area contributed by atoms with Gasteiger partial charge in [-0.3, -0.25) is 9.69 Å². The molecular formula is C12H23NO2. The second-order valence-electron chi connectivity index (χ2n) is 5.25. The molecule has 0 spiro atoms. The smallest absolute Gasteiger partial charge is 0.307 e. The van der Waals surface area contributed by atoms with E-state index in [1.807, 2.05) is 0 Å². The largest absolute Gasteiger partial charge is 0.481 e. The summed E-state index contributed by atoms with van der Waals surface area (Å²) < 4.78 is 0. The fourth-order valence-electron chi connectivity index (χ4n) is 2.50. The molecule has 0 aromatic heterocycles. The molecule has 3 heteroatoms. The lowest BCUT2D eigenvalue weighted by Crippen LogP contribution is -2.48. The zero-order valence-electron chi connectivity index (χ0n) is 10.2. The molecule has 1 rings (SSSR count). The summed E-state index contributed by atoms with van der Waals surface area (Å²) in [6, 6.07) is 0.517. The third-order valence-corrected chi connectivity index (χ3v) is 3.65. The van der Waals surface area contributed by atoms with Crippen LogP contribution in [0.3, 0.4) is 0 Å². The zero-order chi connectivity index (χ0) is 11.6. The van der Waals surface area contributed by atoms with Crippen LogP contribution in [0.4, 0.5) is 0 Å². The molecule has 1 aliphatic heterocycles. The first-order valence-electron chi connectivity index (χ1n) is 5.88. The Hall–Kier alpha value is -0.570. The van der Waals surface area contributed by atoms with Crippen molar-refractivity contribution in [3.05, 3.63) is 0 Å². The molecule has 1 fully saturated rings. The van der Waals surface area contributed by atoms with E-state index in [2.05, 4.69) is 25.7 Å². The molecule has 0 amide bonds. The molecular weight excluding hydrogens is 190 g/mol. The van der Waals surface area contributed by atoms with Crippen LogP contribution in [0.15, 0.2) is 0 Å². The Kier molecular flexibility index (Phi) is 4.14. The second-order valence-corrected chi connectivity index (χ2v) is 5.25. The van der Waals surface area contributed by atoms with Gasteiger partial charge in [0, 0.05) is 19.1 Å². The Bertz CT molecular complexity index is 230. The fourth-order valence-corrected chi connectivity index (χ4v) is 2.50. The molecule has 1 N–H and O–H groups in total. The van der Waals surface area contributed by atoms with Gasteiger partial charge in [-0.25, -0.2) is 0 Å². The predicted molar refractivity (Wildman–Crippen MR) is 60.8 cm³/mol. The van der Waals surface area contributed by atoms with Gasteiger partial charge in [0.2, 0.25) is 0 Å². The molecule has 0 bridgehead atoms. The maximum absolute atomic E-state index is 10.8. The summed E-state index contributed by atoms with van der Waals surface area (Å²) in [6.45, 7) is 10.2. The molecule has 0 aromatic rings. The van der Waals surface area contributed by atoms with Gasteiger partial charge in [-0.1, -0.05) is 20.8 Å². The van der Waals surface area contributed by atoms with E-state index in [1.54, 1.807) is 6.92 Å². The van der Waals surface area contributed by atoms with Gasteiger partial charge in [-0.2, -0.15) is 0 Å². The van der Waals surface area contributed by atoms with Crippen LogP contribution in [0.2, 0.25) is 0 Å². The monoisotopic (exact) mass is 213 g/mol. The van der Waals surface area contributed by atoms with Crippen LogP contribution in [-0.4, -0.2) is 35.1 Å². The number of piperidine rings is 1. The highest BCUT2D eigenvalue weighted by atomic mass is 16.4. The topological polar surface area (TPSA) is 40.5 Å². The Labute approximate surface area is 92.5 Å². The molecule has 4 atom stereocenters. The van der Waals surface area contributed by atoms with E-state index < -0.39 is 5.97 Å². The van der Waals surface area contributed by atoms with Crippen LogP contribution in [0.5, 0.6) is 0 Å². The Morgan fingerprint density at radius 2 is 2.07 bits per heavy atom. The van der Waals surface area contributed by atoms with Crippen molar-refractivity contribution < 1.29 is 9.90 Å². The van der Waals surface area contributed by atoms with Crippen molar-refractivity contribution in [3.63, 3.8) is 0 Å². The highest BCUT2D eigenvalue weighted by Gasteiger charge is 2.30. The summed E-state index contributed by atoms with van der Waals surface area (Å²) in [5.41, 5.74) is 0. The molecule has 3 nitrogen and oxygen atoms in total. The van der Waals surface area contributed by atoms with E-state index in [1.165, 1.54) is 6.42 Å². The van der Waals surface area contributed by atoms with Crippen molar-refractivity contribution in [2.45, 2.75) is 40.2 Å². The zero-order valence-corrected chi connectivity index (χ0v) is 10.2. The average Bonchev–Trinajstić information content (AvgIpc) is 2.13. The van der Waals surface area contributed by atoms with Crippen molar-refractivity contribution >= 4 is 5.97 Å². The van der Waals surface area contributed by atoms with Crippen molar-refractivity contribution in [2.75, 3.05) is 13.1 Å². The quantitative estimate of drug-likeness (QED) is 0.780. The standard InChI is InChI=1S/C12H23NO2/c1-8-5-9(2)11(4)13(6-8)7-10(3)12(14)15/h8-11H,5-7H2,1-4H3,(H,14,15). The van der Waals surface area contributed by atoms with E-state index in [4.69, 9.17) is 5.11 Å². The second kappa shape index (κ2) is 4.97. The number of hydrogen-bond acceptors (Lipinski definition) is 2. The first-order valence-corrected chi connectivity index (χ1v) is 5.88. The molecule has 1 saturated heterocycles. The molecule has 88 valence electrons. The minimum Gasteiger partial charge on any atom is -0.481 e.